The van der Waals surface area contributed by atoms with E-state index in [-0.39, 0.29) is 5.91 Å². The van der Waals surface area contributed by atoms with Crippen molar-refractivity contribution < 1.29 is 14.7 Å². The van der Waals surface area contributed by atoms with Crippen molar-refractivity contribution in [3.05, 3.63) is 0 Å². The van der Waals surface area contributed by atoms with Crippen molar-refractivity contribution in [2.24, 2.45) is 5.92 Å². The highest BCUT2D eigenvalue weighted by molar-refractivity contribution is 5.79. The number of rotatable bonds is 5. The third-order valence-electron chi connectivity index (χ3n) is 3.50. The van der Waals surface area contributed by atoms with Gasteiger partial charge in [-0.1, -0.05) is 6.92 Å². The van der Waals surface area contributed by atoms with Crippen molar-refractivity contribution in [3.8, 4) is 0 Å². The topological polar surface area (TPSA) is 78.4 Å². The fourth-order valence-corrected chi connectivity index (χ4v) is 2.26. The second-order valence-corrected chi connectivity index (χ2v) is 4.98. The molecule has 0 heterocycles. The van der Waals surface area contributed by atoms with Gasteiger partial charge >= 0.3 is 5.97 Å². The highest BCUT2D eigenvalue weighted by Gasteiger charge is 2.40. The summed E-state index contributed by atoms with van der Waals surface area (Å²) >= 11 is 0. The van der Waals surface area contributed by atoms with Crippen LogP contribution in [0.15, 0.2) is 0 Å². The molecule has 0 atom stereocenters. The summed E-state index contributed by atoms with van der Waals surface area (Å²) in [5.74, 6) is -0.250. The number of hydrogen-bond acceptors (Lipinski definition) is 3. The average Bonchev–Trinajstić information content (AvgIpc) is 2.26. The Labute approximate surface area is 102 Å². The van der Waals surface area contributed by atoms with Gasteiger partial charge in [0.2, 0.25) is 5.91 Å². The summed E-state index contributed by atoms with van der Waals surface area (Å²) in [5, 5.41) is 15.1. The van der Waals surface area contributed by atoms with Crippen LogP contribution in [0.25, 0.3) is 0 Å². The number of nitrogens with one attached hydrogen (secondary N) is 2. The molecule has 1 aliphatic rings. The molecule has 17 heavy (non-hydrogen) atoms. The summed E-state index contributed by atoms with van der Waals surface area (Å²) in [6, 6.07) is 0. The molecule has 1 aliphatic carbocycles. The zero-order chi connectivity index (χ0) is 12.9. The van der Waals surface area contributed by atoms with Crippen molar-refractivity contribution in [1.82, 2.24) is 10.6 Å². The molecular weight excluding hydrogens is 220 g/mol. The molecular formula is C12H22N2O3. The summed E-state index contributed by atoms with van der Waals surface area (Å²) in [6.45, 7) is 4.58. The minimum absolute atomic E-state index is 0.0894. The lowest BCUT2D eigenvalue weighted by atomic mass is 9.77. The second-order valence-electron chi connectivity index (χ2n) is 4.98. The van der Waals surface area contributed by atoms with Gasteiger partial charge in [0.15, 0.2) is 0 Å². The van der Waals surface area contributed by atoms with Crippen molar-refractivity contribution >= 4 is 11.9 Å². The lowest BCUT2D eigenvalue weighted by Crippen LogP contribution is -2.55. The Morgan fingerprint density at radius 1 is 1.29 bits per heavy atom. The molecule has 1 rings (SSSR count). The van der Waals surface area contributed by atoms with E-state index in [4.69, 9.17) is 0 Å². The molecule has 0 spiro atoms. The van der Waals surface area contributed by atoms with Crippen molar-refractivity contribution in [3.63, 3.8) is 0 Å². The smallest absolute Gasteiger partial charge is 0.323 e. The fraction of sp³-hybridized carbons (Fsp3) is 0.833. The Morgan fingerprint density at radius 3 is 2.35 bits per heavy atom. The van der Waals surface area contributed by atoms with Crippen molar-refractivity contribution in [2.75, 3.05) is 13.1 Å². The molecule has 5 nitrogen and oxygen atoms in total. The number of aliphatic carboxylic acids is 1. The van der Waals surface area contributed by atoms with E-state index in [0.717, 1.165) is 12.8 Å². The van der Waals surface area contributed by atoms with E-state index >= 15 is 0 Å². The highest BCUT2D eigenvalue weighted by atomic mass is 16.4. The third kappa shape index (κ3) is 4.00. The lowest BCUT2D eigenvalue weighted by molar-refractivity contribution is -0.146. The maximum atomic E-state index is 11.4. The monoisotopic (exact) mass is 242 g/mol. The Kier molecular flexibility index (Phi) is 4.93. The van der Waals surface area contributed by atoms with Crippen LogP contribution in [0.1, 0.15) is 39.5 Å². The molecule has 1 fully saturated rings. The normalized spacial score (nSPS) is 28.7. The molecule has 0 saturated heterocycles. The maximum absolute atomic E-state index is 11.4. The van der Waals surface area contributed by atoms with Gasteiger partial charge in [0.25, 0.3) is 0 Å². The summed E-state index contributed by atoms with van der Waals surface area (Å²) in [4.78, 5) is 22.1. The van der Waals surface area contributed by atoms with Crippen molar-refractivity contribution in [2.45, 2.75) is 45.1 Å². The summed E-state index contributed by atoms with van der Waals surface area (Å²) in [6.07, 6.45) is 3.23. The largest absolute Gasteiger partial charge is 0.480 e. The van der Waals surface area contributed by atoms with E-state index in [1.54, 1.807) is 0 Å². The molecule has 0 bridgehead atoms. The van der Waals surface area contributed by atoms with E-state index < -0.39 is 11.5 Å². The standard InChI is InChI=1S/C12H22N2O3/c1-9-3-5-12(6-4-9,11(16)17)14-8-7-13-10(2)15/h9,14H,3-8H2,1-2H3,(H,13,15)(H,16,17). The number of hydrogen-bond donors (Lipinski definition) is 3. The number of carbonyl (C=O) groups is 2. The quantitative estimate of drug-likeness (QED) is 0.621. The zero-order valence-electron chi connectivity index (χ0n) is 10.6. The molecule has 0 unspecified atom stereocenters. The predicted molar refractivity (Wildman–Crippen MR) is 64.7 cm³/mol. The van der Waals surface area contributed by atoms with E-state index in [9.17, 15) is 14.7 Å². The van der Waals surface area contributed by atoms with Gasteiger partial charge in [-0.05, 0) is 31.6 Å². The number of carbonyl (C=O) groups excluding carboxylic acids is 1. The zero-order valence-corrected chi connectivity index (χ0v) is 10.6. The number of carboxylic acids is 1. The first kappa shape index (κ1) is 14.0. The van der Waals surface area contributed by atoms with Gasteiger partial charge in [-0.25, -0.2) is 0 Å². The van der Waals surface area contributed by atoms with Gasteiger partial charge in [0, 0.05) is 20.0 Å². The Balaban J connectivity index is 2.43. The van der Waals surface area contributed by atoms with Gasteiger partial charge in [-0.2, -0.15) is 0 Å². The Bertz CT molecular complexity index is 283. The first-order valence-corrected chi connectivity index (χ1v) is 6.19. The molecule has 98 valence electrons. The molecule has 3 N–H and O–H groups in total. The number of carboxylic acid groups (broad SMARTS) is 1. The predicted octanol–water partition coefficient (Wildman–Crippen LogP) is 0.746. The summed E-state index contributed by atoms with van der Waals surface area (Å²) in [7, 11) is 0. The fourth-order valence-electron chi connectivity index (χ4n) is 2.26. The highest BCUT2D eigenvalue weighted by Crippen LogP contribution is 2.31. The third-order valence-corrected chi connectivity index (χ3v) is 3.50. The number of amides is 1. The van der Waals surface area contributed by atoms with E-state index in [0.29, 0.717) is 31.8 Å². The van der Waals surface area contributed by atoms with Crippen LogP contribution in [0.2, 0.25) is 0 Å². The molecule has 0 aromatic rings. The summed E-state index contributed by atoms with van der Waals surface area (Å²) in [5.41, 5.74) is -0.787. The van der Waals surface area contributed by atoms with Gasteiger partial charge in [-0.15, -0.1) is 0 Å². The SMILES string of the molecule is CC(=O)NCCNC1(C(=O)O)CCC(C)CC1. The molecule has 0 aromatic carbocycles. The van der Waals surface area contributed by atoms with Crippen LogP contribution in [-0.2, 0) is 9.59 Å². The second kappa shape index (κ2) is 6.00. The first-order chi connectivity index (χ1) is 7.96. The van der Waals surface area contributed by atoms with E-state index in [1.807, 2.05) is 0 Å². The van der Waals surface area contributed by atoms with Crippen LogP contribution in [0.5, 0.6) is 0 Å². The molecule has 0 radical (unpaired) electrons. The molecule has 5 heteroatoms. The molecule has 0 aromatic heterocycles. The van der Waals surface area contributed by atoms with Gasteiger partial charge in [0.05, 0.1) is 0 Å². The average molecular weight is 242 g/mol. The van der Waals surface area contributed by atoms with Crippen LogP contribution >= 0.6 is 0 Å². The lowest BCUT2D eigenvalue weighted by Gasteiger charge is -2.36. The van der Waals surface area contributed by atoms with E-state index in [1.165, 1.54) is 6.92 Å². The van der Waals surface area contributed by atoms with E-state index in [2.05, 4.69) is 17.6 Å². The van der Waals surface area contributed by atoms with Crippen LogP contribution in [0, 0.1) is 5.92 Å². The molecule has 0 aliphatic heterocycles. The van der Waals surface area contributed by atoms with Crippen LogP contribution in [0.3, 0.4) is 0 Å². The molecule has 1 amide bonds. The van der Waals surface area contributed by atoms with Crippen LogP contribution < -0.4 is 10.6 Å². The van der Waals surface area contributed by atoms with Gasteiger partial charge in [0.1, 0.15) is 5.54 Å². The molecule has 1 saturated carbocycles. The van der Waals surface area contributed by atoms with Gasteiger partial charge in [-0.3, -0.25) is 9.59 Å². The maximum Gasteiger partial charge on any atom is 0.323 e. The Hall–Kier alpha value is -1.10. The first-order valence-electron chi connectivity index (χ1n) is 6.19. The summed E-state index contributed by atoms with van der Waals surface area (Å²) < 4.78 is 0. The Morgan fingerprint density at radius 2 is 1.88 bits per heavy atom. The van der Waals surface area contributed by atoms with Gasteiger partial charge < -0.3 is 15.7 Å². The minimum atomic E-state index is -0.787. The van der Waals surface area contributed by atoms with Crippen molar-refractivity contribution in [1.29, 1.82) is 0 Å². The van der Waals surface area contributed by atoms with Crippen LogP contribution in [-0.4, -0.2) is 35.6 Å². The van der Waals surface area contributed by atoms with Crippen LogP contribution in [0.4, 0.5) is 0 Å². The minimum Gasteiger partial charge on any atom is -0.480 e.